The second kappa shape index (κ2) is 8.52. The molecule has 1 amide bonds. The van der Waals surface area contributed by atoms with Crippen LogP contribution in [0.15, 0.2) is 57.7 Å². The minimum atomic E-state index is -0.863. The number of hydrogen-bond acceptors (Lipinski definition) is 5. The maximum Gasteiger partial charge on any atom is 0.374 e. The summed E-state index contributed by atoms with van der Waals surface area (Å²) in [6, 6.07) is 13.5. The zero-order valence-corrected chi connectivity index (χ0v) is 15.8. The minimum Gasteiger partial charge on any atom is -0.450 e. The van der Waals surface area contributed by atoms with E-state index >= 15 is 0 Å². The monoisotopic (exact) mass is 379 g/mol. The van der Waals surface area contributed by atoms with E-state index < -0.39 is 18.5 Å². The molecule has 0 saturated carbocycles. The van der Waals surface area contributed by atoms with Crippen molar-refractivity contribution in [1.82, 2.24) is 0 Å². The summed E-state index contributed by atoms with van der Waals surface area (Å²) in [4.78, 5) is 36.6. The molecular weight excluding hydrogens is 358 g/mol. The lowest BCUT2D eigenvalue weighted by Gasteiger charge is -2.14. The number of esters is 1. The van der Waals surface area contributed by atoms with Gasteiger partial charge in [0, 0.05) is 11.8 Å². The lowest BCUT2D eigenvalue weighted by atomic mass is 10.0. The molecule has 28 heavy (non-hydrogen) atoms. The number of para-hydroxylation sites is 2. The number of fused-ring (bicyclic) bond motifs is 1. The Labute approximate surface area is 162 Å². The first-order valence-corrected chi connectivity index (χ1v) is 9.14. The lowest BCUT2D eigenvalue weighted by molar-refractivity contribution is -0.119. The molecule has 0 saturated heterocycles. The highest BCUT2D eigenvalue weighted by atomic mass is 16.5. The molecule has 0 spiro atoms. The Bertz CT molecular complexity index is 1060. The number of anilines is 1. The van der Waals surface area contributed by atoms with Gasteiger partial charge in [0.25, 0.3) is 5.91 Å². The van der Waals surface area contributed by atoms with Crippen molar-refractivity contribution in [3.63, 3.8) is 0 Å². The molecular formula is C22H21NO5. The second-order valence-electron chi connectivity index (χ2n) is 6.25. The lowest BCUT2D eigenvalue weighted by Crippen LogP contribution is -2.22. The largest absolute Gasteiger partial charge is 0.450 e. The van der Waals surface area contributed by atoms with E-state index in [9.17, 15) is 14.4 Å². The Morgan fingerprint density at radius 1 is 1.00 bits per heavy atom. The van der Waals surface area contributed by atoms with Crippen LogP contribution in [0.2, 0.25) is 0 Å². The number of nitrogens with one attached hydrogen (secondary N) is 1. The van der Waals surface area contributed by atoms with Gasteiger partial charge in [-0.25, -0.2) is 4.79 Å². The van der Waals surface area contributed by atoms with Crippen molar-refractivity contribution < 1.29 is 18.7 Å². The third kappa shape index (κ3) is 4.11. The van der Waals surface area contributed by atoms with Crippen LogP contribution in [0.25, 0.3) is 11.0 Å². The van der Waals surface area contributed by atoms with E-state index in [0.717, 1.165) is 35.7 Å². The molecule has 6 heteroatoms. The van der Waals surface area contributed by atoms with Gasteiger partial charge in [-0.05, 0) is 36.1 Å². The smallest absolute Gasteiger partial charge is 0.374 e. The zero-order valence-electron chi connectivity index (χ0n) is 15.8. The van der Waals surface area contributed by atoms with Crippen molar-refractivity contribution in [3.05, 3.63) is 75.6 Å². The summed E-state index contributed by atoms with van der Waals surface area (Å²) < 4.78 is 10.5. The number of carbonyl (C=O) groups is 2. The Kier molecular flexibility index (Phi) is 5.89. The fourth-order valence-electron chi connectivity index (χ4n) is 2.99. The SMILES string of the molecule is CCc1cccc(CC)c1NC(=O)COC(=O)c1cc(=O)c2ccccc2o1. The minimum absolute atomic E-state index is 0.236. The fourth-order valence-corrected chi connectivity index (χ4v) is 2.99. The number of carbonyl (C=O) groups excluding carboxylic acids is 2. The van der Waals surface area contributed by atoms with Gasteiger partial charge < -0.3 is 14.5 Å². The maximum atomic E-state index is 12.3. The first-order chi connectivity index (χ1) is 13.5. The second-order valence-corrected chi connectivity index (χ2v) is 6.25. The Balaban J connectivity index is 1.70. The highest BCUT2D eigenvalue weighted by molar-refractivity contribution is 5.96. The Hall–Kier alpha value is -3.41. The van der Waals surface area contributed by atoms with Crippen molar-refractivity contribution in [2.24, 2.45) is 0 Å². The summed E-state index contributed by atoms with van der Waals surface area (Å²) in [5.41, 5.74) is 2.73. The van der Waals surface area contributed by atoms with Crippen LogP contribution in [0.4, 0.5) is 5.69 Å². The molecule has 0 aliphatic heterocycles. The maximum absolute atomic E-state index is 12.3. The van der Waals surface area contributed by atoms with E-state index in [1.165, 1.54) is 0 Å². The molecule has 3 rings (SSSR count). The average molecular weight is 379 g/mol. The van der Waals surface area contributed by atoms with Gasteiger partial charge in [-0.15, -0.1) is 0 Å². The van der Waals surface area contributed by atoms with Gasteiger partial charge in [-0.2, -0.15) is 0 Å². The van der Waals surface area contributed by atoms with Crippen LogP contribution in [-0.2, 0) is 22.4 Å². The van der Waals surface area contributed by atoms with E-state index in [2.05, 4.69) is 5.32 Å². The van der Waals surface area contributed by atoms with Crippen LogP contribution in [-0.4, -0.2) is 18.5 Å². The fraction of sp³-hybridized carbons (Fsp3) is 0.227. The molecule has 1 N–H and O–H groups in total. The van der Waals surface area contributed by atoms with Gasteiger partial charge in [0.2, 0.25) is 5.76 Å². The molecule has 144 valence electrons. The third-order valence-corrected chi connectivity index (χ3v) is 4.43. The van der Waals surface area contributed by atoms with Gasteiger partial charge in [-0.3, -0.25) is 9.59 Å². The normalized spacial score (nSPS) is 10.6. The quantitative estimate of drug-likeness (QED) is 0.660. The number of hydrogen-bond donors (Lipinski definition) is 1. The number of amides is 1. The molecule has 0 radical (unpaired) electrons. The van der Waals surface area contributed by atoms with E-state index in [4.69, 9.17) is 9.15 Å². The average Bonchev–Trinajstić information content (AvgIpc) is 2.72. The Morgan fingerprint density at radius 2 is 1.68 bits per heavy atom. The molecule has 0 fully saturated rings. The van der Waals surface area contributed by atoms with Gasteiger partial charge in [-0.1, -0.05) is 44.2 Å². The summed E-state index contributed by atoms with van der Waals surface area (Å²) in [5.74, 6) is -1.55. The summed E-state index contributed by atoms with van der Waals surface area (Å²) >= 11 is 0. The van der Waals surface area contributed by atoms with Crippen molar-refractivity contribution in [2.75, 3.05) is 11.9 Å². The van der Waals surface area contributed by atoms with E-state index in [-0.39, 0.29) is 16.8 Å². The van der Waals surface area contributed by atoms with Gasteiger partial charge >= 0.3 is 5.97 Å². The number of benzene rings is 2. The summed E-state index contributed by atoms with van der Waals surface area (Å²) in [5, 5.41) is 3.20. The molecule has 0 unspecified atom stereocenters. The summed E-state index contributed by atoms with van der Waals surface area (Å²) in [6.07, 6.45) is 1.54. The van der Waals surface area contributed by atoms with Crippen molar-refractivity contribution in [3.8, 4) is 0 Å². The van der Waals surface area contributed by atoms with Gasteiger partial charge in [0.1, 0.15) is 5.58 Å². The third-order valence-electron chi connectivity index (χ3n) is 4.43. The molecule has 0 aliphatic carbocycles. The van der Waals surface area contributed by atoms with E-state index in [1.54, 1.807) is 24.3 Å². The van der Waals surface area contributed by atoms with E-state index in [0.29, 0.717) is 5.39 Å². The van der Waals surface area contributed by atoms with Crippen LogP contribution in [0.3, 0.4) is 0 Å². The van der Waals surface area contributed by atoms with Crippen LogP contribution in [0.5, 0.6) is 0 Å². The van der Waals surface area contributed by atoms with Crippen molar-refractivity contribution >= 4 is 28.5 Å². The van der Waals surface area contributed by atoms with Crippen LogP contribution in [0.1, 0.15) is 35.5 Å². The van der Waals surface area contributed by atoms with Crippen LogP contribution < -0.4 is 10.7 Å². The van der Waals surface area contributed by atoms with Gasteiger partial charge in [0.15, 0.2) is 12.0 Å². The number of rotatable bonds is 6. The predicted octanol–water partition coefficient (Wildman–Crippen LogP) is 3.71. The topological polar surface area (TPSA) is 85.6 Å². The number of ether oxygens (including phenoxy) is 1. The van der Waals surface area contributed by atoms with Gasteiger partial charge in [0.05, 0.1) is 5.39 Å². The van der Waals surface area contributed by atoms with Crippen LogP contribution >= 0.6 is 0 Å². The standard InChI is InChI=1S/C22H21NO5/c1-3-14-8-7-9-15(4-2)21(14)23-20(25)13-27-22(26)19-12-17(24)16-10-5-6-11-18(16)28-19/h5-12H,3-4,13H2,1-2H3,(H,23,25). The highest BCUT2D eigenvalue weighted by Gasteiger charge is 2.16. The molecule has 6 nitrogen and oxygen atoms in total. The molecule has 0 bridgehead atoms. The van der Waals surface area contributed by atoms with Crippen LogP contribution in [0, 0.1) is 0 Å². The summed E-state index contributed by atoms with van der Waals surface area (Å²) in [6.45, 7) is 3.54. The first-order valence-electron chi connectivity index (χ1n) is 9.14. The predicted molar refractivity (Wildman–Crippen MR) is 107 cm³/mol. The molecule has 0 aliphatic rings. The zero-order chi connectivity index (χ0) is 20.1. The molecule has 3 aromatic rings. The molecule has 1 aromatic heterocycles. The van der Waals surface area contributed by atoms with Crippen molar-refractivity contribution in [1.29, 1.82) is 0 Å². The van der Waals surface area contributed by atoms with Crippen molar-refractivity contribution in [2.45, 2.75) is 26.7 Å². The summed E-state index contributed by atoms with van der Waals surface area (Å²) in [7, 11) is 0. The molecule has 1 heterocycles. The molecule has 0 atom stereocenters. The first kappa shape index (κ1) is 19.4. The molecule has 2 aromatic carbocycles. The highest BCUT2D eigenvalue weighted by Crippen LogP contribution is 2.22. The van der Waals surface area contributed by atoms with E-state index in [1.807, 2.05) is 32.0 Å². The number of aryl methyl sites for hydroxylation is 2. The Morgan fingerprint density at radius 3 is 2.36 bits per heavy atom.